The van der Waals surface area contributed by atoms with Gasteiger partial charge in [0, 0.05) is 0 Å². The Bertz CT molecular complexity index is 517. The van der Waals surface area contributed by atoms with Gasteiger partial charge in [-0.1, -0.05) is 59.8 Å². The van der Waals surface area contributed by atoms with Gasteiger partial charge in [0.25, 0.3) is 0 Å². The molecule has 0 aromatic rings. The normalized spacial score (nSPS) is 36.1. The number of carbonyl (C=O) groups is 2. The van der Waals surface area contributed by atoms with E-state index in [2.05, 4.69) is 27.7 Å². The van der Waals surface area contributed by atoms with Crippen LogP contribution in [0.1, 0.15) is 98.3 Å². The Morgan fingerprint density at radius 2 is 1.82 bits per heavy atom. The van der Waals surface area contributed by atoms with Crippen LogP contribution in [-0.2, 0) is 14.3 Å². The Balaban J connectivity index is 1.94. The van der Waals surface area contributed by atoms with Crippen LogP contribution < -0.4 is 0 Å². The Morgan fingerprint density at radius 1 is 1.07 bits per heavy atom. The highest BCUT2D eigenvalue weighted by Gasteiger charge is 2.41. The minimum Gasteiger partial charge on any atom is -0.481 e. The number of aliphatic carboxylic acids is 1. The molecule has 0 heterocycles. The fourth-order valence-electron chi connectivity index (χ4n) is 5.44. The Morgan fingerprint density at radius 3 is 2.46 bits per heavy atom. The van der Waals surface area contributed by atoms with Crippen molar-refractivity contribution in [2.24, 2.45) is 35.0 Å². The summed E-state index contributed by atoms with van der Waals surface area (Å²) in [7, 11) is 0. The molecule has 0 bridgehead atoms. The lowest BCUT2D eigenvalue weighted by molar-refractivity contribution is -0.162. The number of carboxylic acid groups (broad SMARTS) is 1. The van der Waals surface area contributed by atoms with Gasteiger partial charge in [0.15, 0.2) is 0 Å². The molecule has 2 aliphatic carbocycles. The molecule has 1 N–H and O–H groups in total. The van der Waals surface area contributed by atoms with Crippen LogP contribution in [0.3, 0.4) is 0 Å². The maximum atomic E-state index is 12.7. The van der Waals surface area contributed by atoms with E-state index in [1.54, 1.807) is 0 Å². The standard InChI is InChI=1S/C24H42O4/c1-5-7-8-9-18-15-24(4,6-2)13-12-19(18)16-28-23(27)20-11-10-17(3)14-21(20)22(25)26/h17-21H,5-16H2,1-4H3,(H,25,26). The molecule has 0 aromatic heterocycles. The first kappa shape index (κ1) is 23.2. The molecule has 4 nitrogen and oxygen atoms in total. The van der Waals surface area contributed by atoms with E-state index in [0.717, 1.165) is 12.8 Å². The predicted molar refractivity (Wildman–Crippen MR) is 112 cm³/mol. The lowest BCUT2D eigenvalue weighted by atomic mass is 9.64. The summed E-state index contributed by atoms with van der Waals surface area (Å²) >= 11 is 0. The molecule has 2 rings (SSSR count). The van der Waals surface area contributed by atoms with E-state index in [9.17, 15) is 14.7 Å². The zero-order valence-electron chi connectivity index (χ0n) is 18.5. The van der Waals surface area contributed by atoms with Crippen LogP contribution in [0, 0.1) is 35.0 Å². The van der Waals surface area contributed by atoms with Gasteiger partial charge in [-0.15, -0.1) is 0 Å². The second-order valence-corrected chi connectivity index (χ2v) is 10.0. The van der Waals surface area contributed by atoms with Crippen molar-refractivity contribution in [1.29, 1.82) is 0 Å². The molecule has 162 valence electrons. The fraction of sp³-hybridized carbons (Fsp3) is 0.917. The highest BCUT2D eigenvalue weighted by Crippen LogP contribution is 2.46. The topological polar surface area (TPSA) is 63.6 Å². The summed E-state index contributed by atoms with van der Waals surface area (Å²) in [6, 6.07) is 0. The summed E-state index contributed by atoms with van der Waals surface area (Å²) in [6.07, 6.45) is 11.9. The third-order valence-corrected chi connectivity index (χ3v) is 7.74. The van der Waals surface area contributed by atoms with Gasteiger partial charge in [-0.2, -0.15) is 0 Å². The molecule has 4 heteroatoms. The zero-order chi connectivity index (χ0) is 20.7. The van der Waals surface area contributed by atoms with Crippen molar-refractivity contribution in [3.8, 4) is 0 Å². The van der Waals surface area contributed by atoms with Gasteiger partial charge in [-0.05, 0) is 61.7 Å². The summed E-state index contributed by atoms with van der Waals surface area (Å²) < 4.78 is 5.77. The molecule has 6 unspecified atom stereocenters. The Hall–Kier alpha value is -1.06. The van der Waals surface area contributed by atoms with Crippen molar-refractivity contribution in [2.75, 3.05) is 6.61 Å². The molecule has 2 aliphatic rings. The fourth-order valence-corrected chi connectivity index (χ4v) is 5.44. The van der Waals surface area contributed by atoms with Gasteiger partial charge in [0.2, 0.25) is 0 Å². The first-order chi connectivity index (χ1) is 13.3. The third-order valence-electron chi connectivity index (χ3n) is 7.74. The molecular formula is C24H42O4. The summed E-state index contributed by atoms with van der Waals surface area (Å²) in [6.45, 7) is 9.49. The van der Waals surface area contributed by atoms with Crippen LogP contribution in [0.5, 0.6) is 0 Å². The molecule has 28 heavy (non-hydrogen) atoms. The predicted octanol–water partition coefficient (Wildman–Crippen LogP) is 6.08. The third kappa shape index (κ3) is 6.22. The number of hydrogen-bond acceptors (Lipinski definition) is 3. The largest absolute Gasteiger partial charge is 0.481 e. The minimum atomic E-state index is -0.845. The molecular weight excluding hydrogens is 352 g/mol. The van der Waals surface area contributed by atoms with Gasteiger partial charge >= 0.3 is 11.9 Å². The van der Waals surface area contributed by atoms with E-state index in [1.165, 1.54) is 44.9 Å². The van der Waals surface area contributed by atoms with Crippen LogP contribution in [0.15, 0.2) is 0 Å². The summed E-state index contributed by atoms with van der Waals surface area (Å²) in [4.78, 5) is 24.3. The van der Waals surface area contributed by atoms with E-state index in [4.69, 9.17) is 4.74 Å². The number of ether oxygens (including phenoxy) is 1. The lowest BCUT2D eigenvalue weighted by Gasteiger charge is -2.42. The second-order valence-electron chi connectivity index (χ2n) is 10.0. The molecule has 2 saturated carbocycles. The van der Waals surface area contributed by atoms with Gasteiger partial charge in [0.05, 0.1) is 18.4 Å². The number of unbranched alkanes of at least 4 members (excludes halogenated alkanes) is 2. The van der Waals surface area contributed by atoms with Crippen LogP contribution in [-0.4, -0.2) is 23.7 Å². The first-order valence-corrected chi connectivity index (χ1v) is 11.7. The van der Waals surface area contributed by atoms with Crippen LogP contribution in [0.2, 0.25) is 0 Å². The summed E-state index contributed by atoms with van der Waals surface area (Å²) in [5, 5.41) is 9.53. The molecule has 0 aromatic carbocycles. The molecule has 0 spiro atoms. The van der Waals surface area contributed by atoms with E-state index in [-0.39, 0.29) is 5.97 Å². The maximum Gasteiger partial charge on any atom is 0.309 e. The van der Waals surface area contributed by atoms with Crippen molar-refractivity contribution in [1.82, 2.24) is 0 Å². The quantitative estimate of drug-likeness (QED) is 0.380. The van der Waals surface area contributed by atoms with Crippen molar-refractivity contribution < 1.29 is 19.4 Å². The van der Waals surface area contributed by atoms with Crippen molar-refractivity contribution >= 4 is 11.9 Å². The Labute approximate surface area is 171 Å². The minimum absolute atomic E-state index is 0.268. The second kappa shape index (κ2) is 10.6. The van der Waals surface area contributed by atoms with Gasteiger partial charge in [0.1, 0.15) is 0 Å². The first-order valence-electron chi connectivity index (χ1n) is 11.7. The monoisotopic (exact) mass is 394 g/mol. The highest BCUT2D eigenvalue weighted by atomic mass is 16.5. The van der Waals surface area contributed by atoms with Gasteiger partial charge in [-0.3, -0.25) is 9.59 Å². The van der Waals surface area contributed by atoms with Crippen LogP contribution in [0.25, 0.3) is 0 Å². The van der Waals surface area contributed by atoms with Crippen LogP contribution in [0.4, 0.5) is 0 Å². The Kier molecular flexibility index (Phi) is 8.82. The number of hydrogen-bond donors (Lipinski definition) is 1. The van der Waals surface area contributed by atoms with Crippen LogP contribution >= 0.6 is 0 Å². The molecule has 6 atom stereocenters. The van der Waals surface area contributed by atoms with Crippen molar-refractivity contribution in [3.05, 3.63) is 0 Å². The number of carboxylic acids is 1. The molecule has 0 aliphatic heterocycles. The molecule has 0 saturated heterocycles. The average Bonchev–Trinajstić information content (AvgIpc) is 2.67. The van der Waals surface area contributed by atoms with E-state index < -0.39 is 17.8 Å². The average molecular weight is 395 g/mol. The van der Waals surface area contributed by atoms with E-state index in [0.29, 0.717) is 42.6 Å². The molecule has 0 radical (unpaired) electrons. The number of rotatable bonds is 9. The number of esters is 1. The maximum absolute atomic E-state index is 12.7. The molecule has 0 amide bonds. The van der Waals surface area contributed by atoms with Gasteiger partial charge in [-0.25, -0.2) is 0 Å². The zero-order valence-corrected chi connectivity index (χ0v) is 18.5. The highest BCUT2D eigenvalue weighted by molar-refractivity contribution is 5.81. The number of carbonyl (C=O) groups excluding carboxylic acids is 1. The van der Waals surface area contributed by atoms with Gasteiger partial charge < -0.3 is 9.84 Å². The summed E-state index contributed by atoms with van der Waals surface area (Å²) in [5.74, 6) is -0.718. The lowest BCUT2D eigenvalue weighted by Crippen LogP contribution is -2.38. The summed E-state index contributed by atoms with van der Waals surface area (Å²) in [5.41, 5.74) is 0.422. The van der Waals surface area contributed by atoms with Crippen molar-refractivity contribution in [3.63, 3.8) is 0 Å². The van der Waals surface area contributed by atoms with E-state index >= 15 is 0 Å². The van der Waals surface area contributed by atoms with E-state index in [1.807, 2.05) is 0 Å². The smallest absolute Gasteiger partial charge is 0.309 e. The SMILES string of the molecule is CCCCCC1CC(C)(CC)CCC1COC(=O)C1CCC(C)CC1C(=O)O. The molecule has 2 fully saturated rings. The van der Waals surface area contributed by atoms with Crippen molar-refractivity contribution in [2.45, 2.75) is 98.3 Å².